The van der Waals surface area contributed by atoms with Crippen LogP contribution in [0.4, 0.5) is 0 Å². The molecule has 0 radical (unpaired) electrons. The summed E-state index contributed by atoms with van der Waals surface area (Å²) in [4.78, 5) is 0.345. The van der Waals surface area contributed by atoms with Crippen LogP contribution >= 0.6 is 0 Å². The van der Waals surface area contributed by atoms with Crippen LogP contribution in [0.15, 0.2) is 53.4 Å². The van der Waals surface area contributed by atoms with E-state index >= 15 is 0 Å². The second kappa shape index (κ2) is 6.52. The van der Waals surface area contributed by atoms with Crippen LogP contribution in [0, 0.1) is 6.92 Å². The summed E-state index contributed by atoms with van der Waals surface area (Å²) in [5.74, 6) is -0.0281. The monoisotopic (exact) mass is 372 g/mol. The topological polar surface area (TPSA) is 52.6 Å². The molecule has 1 fully saturated rings. The van der Waals surface area contributed by atoms with Gasteiger partial charge in [-0.1, -0.05) is 42.0 Å². The van der Waals surface area contributed by atoms with Crippen molar-refractivity contribution in [2.45, 2.75) is 56.5 Å². The van der Waals surface area contributed by atoms with Crippen molar-refractivity contribution >= 4 is 22.4 Å². The highest BCUT2D eigenvalue weighted by molar-refractivity contribution is 7.90. The molecule has 4 nitrogen and oxygen atoms in total. The molecule has 0 N–H and O–H groups in total. The van der Waals surface area contributed by atoms with Gasteiger partial charge in [0, 0.05) is 0 Å². The van der Waals surface area contributed by atoms with Gasteiger partial charge in [-0.2, -0.15) is 0 Å². The Morgan fingerprint density at radius 3 is 1.85 bits per heavy atom. The maximum absolute atomic E-state index is 12.6. The summed E-state index contributed by atoms with van der Waals surface area (Å²) >= 11 is 0. The first-order chi connectivity index (χ1) is 12.0. The van der Waals surface area contributed by atoms with Gasteiger partial charge in [-0.15, -0.1) is 0 Å². The SMILES string of the molecule is Cc1ccc(S(=O)(=O)Cc2ccc(B3OC(C)(C)C(C)(C)O3)cc2)cc1. The van der Waals surface area contributed by atoms with Crippen LogP contribution in [0.5, 0.6) is 0 Å². The molecule has 1 aliphatic rings. The van der Waals surface area contributed by atoms with Gasteiger partial charge in [0.25, 0.3) is 0 Å². The smallest absolute Gasteiger partial charge is 0.399 e. The van der Waals surface area contributed by atoms with Gasteiger partial charge in [-0.25, -0.2) is 8.42 Å². The average molecular weight is 372 g/mol. The van der Waals surface area contributed by atoms with Crippen molar-refractivity contribution in [3.63, 3.8) is 0 Å². The molecule has 1 aliphatic heterocycles. The maximum atomic E-state index is 12.6. The Bertz CT molecular complexity index is 868. The molecule has 2 aromatic rings. The van der Waals surface area contributed by atoms with Crippen molar-refractivity contribution in [1.82, 2.24) is 0 Å². The molecule has 1 heterocycles. The Hall–Kier alpha value is -1.63. The molecule has 0 spiro atoms. The molecule has 6 heteroatoms. The molecule has 0 bridgehead atoms. The van der Waals surface area contributed by atoms with Crippen LogP contribution in [0.2, 0.25) is 0 Å². The molecule has 0 saturated carbocycles. The quantitative estimate of drug-likeness (QED) is 0.773. The third-order valence-electron chi connectivity index (χ3n) is 5.24. The van der Waals surface area contributed by atoms with Crippen molar-refractivity contribution in [3.8, 4) is 0 Å². The van der Waals surface area contributed by atoms with Crippen LogP contribution in [-0.2, 0) is 24.9 Å². The Morgan fingerprint density at radius 1 is 0.846 bits per heavy atom. The van der Waals surface area contributed by atoms with Crippen LogP contribution in [0.3, 0.4) is 0 Å². The van der Waals surface area contributed by atoms with Gasteiger partial charge in [0.05, 0.1) is 21.9 Å². The first-order valence-electron chi connectivity index (χ1n) is 8.74. The van der Waals surface area contributed by atoms with E-state index in [9.17, 15) is 8.42 Å². The number of rotatable bonds is 4. The van der Waals surface area contributed by atoms with Crippen LogP contribution in [-0.4, -0.2) is 26.7 Å². The molecule has 138 valence electrons. The predicted molar refractivity (Wildman–Crippen MR) is 104 cm³/mol. The van der Waals surface area contributed by atoms with Crippen LogP contribution in [0.25, 0.3) is 0 Å². The summed E-state index contributed by atoms with van der Waals surface area (Å²) in [6.45, 7) is 9.97. The van der Waals surface area contributed by atoms with Crippen molar-refractivity contribution in [2.24, 2.45) is 0 Å². The lowest BCUT2D eigenvalue weighted by atomic mass is 9.79. The molecule has 1 saturated heterocycles. The minimum atomic E-state index is -3.36. The molecule has 0 aliphatic carbocycles. The maximum Gasteiger partial charge on any atom is 0.494 e. The molecule has 3 rings (SSSR count). The molecule has 0 unspecified atom stereocenters. The van der Waals surface area contributed by atoms with Gasteiger partial charge >= 0.3 is 7.12 Å². The standard InChI is InChI=1S/C20H25BO4S/c1-15-6-12-18(13-7-15)26(22,23)14-16-8-10-17(11-9-16)21-24-19(2,3)20(4,5)25-21/h6-13H,14H2,1-5H3. The van der Waals surface area contributed by atoms with Crippen molar-refractivity contribution in [2.75, 3.05) is 0 Å². The number of aryl methyl sites for hydroxylation is 1. The van der Waals surface area contributed by atoms with E-state index in [4.69, 9.17) is 9.31 Å². The van der Waals surface area contributed by atoms with Gasteiger partial charge in [0.15, 0.2) is 9.84 Å². The summed E-state index contributed by atoms with van der Waals surface area (Å²) in [5.41, 5.74) is 1.87. The average Bonchev–Trinajstić information content (AvgIpc) is 2.76. The second-order valence-electron chi connectivity index (χ2n) is 7.90. The van der Waals surface area contributed by atoms with Gasteiger partial charge in [-0.3, -0.25) is 0 Å². The van der Waals surface area contributed by atoms with E-state index in [2.05, 4.69) is 0 Å². The number of benzene rings is 2. The zero-order chi connectivity index (χ0) is 19.2. The van der Waals surface area contributed by atoms with Crippen molar-refractivity contribution < 1.29 is 17.7 Å². The fourth-order valence-corrected chi connectivity index (χ4v) is 4.15. The molecule has 0 atom stereocenters. The lowest BCUT2D eigenvalue weighted by Crippen LogP contribution is -2.41. The Kier molecular flexibility index (Phi) is 4.80. The van der Waals surface area contributed by atoms with Crippen LogP contribution < -0.4 is 5.46 Å². The van der Waals surface area contributed by atoms with Crippen LogP contribution in [0.1, 0.15) is 38.8 Å². The lowest BCUT2D eigenvalue weighted by molar-refractivity contribution is 0.00578. The molecule has 2 aromatic carbocycles. The molecule has 0 amide bonds. The van der Waals surface area contributed by atoms with Gasteiger partial charge in [0.1, 0.15) is 0 Å². The lowest BCUT2D eigenvalue weighted by Gasteiger charge is -2.32. The highest BCUT2D eigenvalue weighted by Crippen LogP contribution is 2.36. The van der Waals surface area contributed by atoms with E-state index in [1.54, 1.807) is 12.1 Å². The highest BCUT2D eigenvalue weighted by atomic mass is 32.2. The fourth-order valence-electron chi connectivity index (χ4n) is 2.80. The molecular weight excluding hydrogens is 347 g/mol. The minimum absolute atomic E-state index is 0.0281. The largest absolute Gasteiger partial charge is 0.494 e. The van der Waals surface area contributed by atoms with Crippen molar-refractivity contribution in [1.29, 1.82) is 0 Å². The highest BCUT2D eigenvalue weighted by Gasteiger charge is 2.51. The summed E-state index contributed by atoms with van der Waals surface area (Å²) in [7, 11) is -3.80. The van der Waals surface area contributed by atoms with Gasteiger partial charge < -0.3 is 9.31 Å². The number of sulfone groups is 1. The molecular formula is C20H25BO4S. The molecule has 0 aromatic heterocycles. The zero-order valence-corrected chi connectivity index (χ0v) is 16.8. The van der Waals surface area contributed by atoms with Gasteiger partial charge in [-0.05, 0) is 57.8 Å². The Morgan fingerprint density at radius 2 is 1.35 bits per heavy atom. The van der Waals surface area contributed by atoms with Crippen molar-refractivity contribution in [3.05, 3.63) is 59.7 Å². The predicted octanol–water partition coefficient (Wildman–Crippen LogP) is 3.27. The summed E-state index contributed by atoms with van der Waals surface area (Å²) in [6.07, 6.45) is 0. The summed E-state index contributed by atoms with van der Waals surface area (Å²) < 4.78 is 37.2. The Labute approximate surface area is 156 Å². The minimum Gasteiger partial charge on any atom is -0.399 e. The zero-order valence-electron chi connectivity index (χ0n) is 15.9. The number of hydrogen-bond acceptors (Lipinski definition) is 4. The van der Waals surface area contributed by atoms with E-state index in [0.717, 1.165) is 16.6 Å². The Balaban J connectivity index is 1.75. The normalized spacial score (nSPS) is 18.9. The van der Waals surface area contributed by atoms with E-state index in [1.165, 1.54) is 0 Å². The summed E-state index contributed by atoms with van der Waals surface area (Å²) in [5, 5.41) is 0. The first-order valence-corrected chi connectivity index (χ1v) is 10.4. The van der Waals surface area contributed by atoms with Gasteiger partial charge in [0.2, 0.25) is 0 Å². The van der Waals surface area contributed by atoms with E-state index in [-0.39, 0.29) is 5.75 Å². The third-order valence-corrected chi connectivity index (χ3v) is 6.95. The first kappa shape index (κ1) is 19.1. The number of hydrogen-bond donors (Lipinski definition) is 0. The fraction of sp³-hybridized carbons (Fsp3) is 0.400. The van der Waals surface area contributed by atoms with E-state index < -0.39 is 28.2 Å². The van der Waals surface area contributed by atoms with E-state index in [1.807, 2.05) is 71.0 Å². The summed E-state index contributed by atoms with van der Waals surface area (Å²) in [6, 6.07) is 14.3. The third kappa shape index (κ3) is 3.73. The van der Waals surface area contributed by atoms with E-state index in [0.29, 0.717) is 4.90 Å². The molecule has 26 heavy (non-hydrogen) atoms. The second-order valence-corrected chi connectivity index (χ2v) is 9.89.